The molecule has 52 heavy (non-hydrogen) atoms. The normalized spacial score (nSPS) is 19.1. The second-order valence-electron chi connectivity index (χ2n) is 12.5. The Kier molecular flexibility index (Phi) is 11.0. The van der Waals surface area contributed by atoms with Crippen LogP contribution in [0.3, 0.4) is 0 Å². The molecule has 7 rings (SSSR count). The standard InChI is InChI=1S/C34H38Cl2N10O6/c35-24-1-7-30(31(36)17-24)34(21-44-22-38-40-41-44)51-20-29(52-34)19-50-28-6-8-32(37-18-28)43-13-11-42(12-14-43)25-2-4-26(5-3-25)45-23-39-46(33(45)49)27(9-15-47)10-16-48/h1-8,17-18,22-23,27,29,47-48H,9-16,19-21H2/t29-,34-/m1/s1. The van der Waals surface area contributed by atoms with Gasteiger partial charge in [0.25, 0.3) is 0 Å². The van der Waals surface area contributed by atoms with E-state index in [0.717, 1.165) is 37.7 Å². The number of aliphatic hydroxyl groups is 2. The zero-order valence-electron chi connectivity index (χ0n) is 28.1. The van der Waals surface area contributed by atoms with Crippen molar-refractivity contribution in [2.75, 3.05) is 62.4 Å². The largest absolute Gasteiger partial charge is 0.489 e. The van der Waals surface area contributed by atoms with Gasteiger partial charge in [0.05, 0.1) is 29.6 Å². The summed E-state index contributed by atoms with van der Waals surface area (Å²) in [5.41, 5.74) is 2.05. The highest BCUT2D eigenvalue weighted by molar-refractivity contribution is 6.35. The number of pyridine rings is 1. The van der Waals surface area contributed by atoms with Gasteiger partial charge in [0.2, 0.25) is 5.79 Å². The summed E-state index contributed by atoms with van der Waals surface area (Å²) in [4.78, 5) is 22.2. The Hall–Kier alpha value is -4.58. The van der Waals surface area contributed by atoms with Crippen LogP contribution in [-0.4, -0.2) is 108 Å². The van der Waals surface area contributed by atoms with Gasteiger partial charge in [-0.3, -0.25) is 0 Å². The first-order chi connectivity index (χ1) is 25.4. The highest BCUT2D eigenvalue weighted by Gasteiger charge is 2.46. The zero-order chi connectivity index (χ0) is 36.1. The van der Waals surface area contributed by atoms with Gasteiger partial charge >= 0.3 is 5.69 Å². The van der Waals surface area contributed by atoms with E-state index in [1.165, 1.54) is 26.6 Å². The van der Waals surface area contributed by atoms with Crippen molar-refractivity contribution < 1.29 is 24.4 Å². The number of nitrogens with zero attached hydrogens (tertiary/aromatic N) is 10. The van der Waals surface area contributed by atoms with Gasteiger partial charge in [0.1, 0.15) is 43.5 Å². The van der Waals surface area contributed by atoms with E-state index in [1.807, 2.05) is 36.4 Å². The van der Waals surface area contributed by atoms with Crippen molar-refractivity contribution in [3.05, 3.63) is 99.5 Å². The van der Waals surface area contributed by atoms with E-state index in [9.17, 15) is 15.0 Å². The van der Waals surface area contributed by atoms with Crippen LogP contribution >= 0.6 is 23.2 Å². The van der Waals surface area contributed by atoms with Crippen molar-refractivity contribution in [3.8, 4) is 11.4 Å². The lowest BCUT2D eigenvalue weighted by molar-refractivity contribution is -0.190. The highest BCUT2D eigenvalue weighted by atomic mass is 35.5. The smallest absolute Gasteiger partial charge is 0.350 e. The first-order valence-corrected chi connectivity index (χ1v) is 17.7. The maximum Gasteiger partial charge on any atom is 0.350 e. The summed E-state index contributed by atoms with van der Waals surface area (Å²) < 4.78 is 23.0. The number of piperazine rings is 1. The molecule has 0 radical (unpaired) electrons. The van der Waals surface area contributed by atoms with Crippen LogP contribution in [-0.2, 0) is 21.8 Å². The molecule has 274 valence electrons. The molecule has 0 aliphatic carbocycles. The molecule has 18 heteroatoms. The number of halogens is 2. The van der Waals surface area contributed by atoms with Gasteiger partial charge in [-0.2, -0.15) is 5.10 Å². The number of aliphatic hydroxyl groups excluding tert-OH is 2. The van der Waals surface area contributed by atoms with Crippen molar-refractivity contribution in [1.29, 1.82) is 0 Å². The molecule has 2 N–H and O–H groups in total. The van der Waals surface area contributed by atoms with Gasteiger partial charge in [-0.1, -0.05) is 29.3 Å². The van der Waals surface area contributed by atoms with E-state index < -0.39 is 11.9 Å². The first kappa shape index (κ1) is 35.8. The van der Waals surface area contributed by atoms with Crippen LogP contribution in [0.1, 0.15) is 24.4 Å². The molecule has 0 saturated carbocycles. The highest BCUT2D eigenvalue weighted by Crippen LogP contribution is 2.40. The summed E-state index contributed by atoms with van der Waals surface area (Å²) in [6.07, 6.45) is 4.95. The predicted octanol–water partition coefficient (Wildman–Crippen LogP) is 2.70. The molecule has 2 saturated heterocycles. The maximum absolute atomic E-state index is 13.0. The Labute approximate surface area is 308 Å². The van der Waals surface area contributed by atoms with Crippen LogP contribution in [0.4, 0.5) is 11.5 Å². The number of rotatable bonds is 14. The number of tetrazole rings is 1. The first-order valence-electron chi connectivity index (χ1n) is 16.9. The number of hydrogen-bond acceptors (Lipinski definition) is 13. The molecule has 2 aliphatic heterocycles. The van der Waals surface area contributed by atoms with Gasteiger partial charge in [0, 0.05) is 55.7 Å². The van der Waals surface area contributed by atoms with Gasteiger partial charge in [-0.05, 0) is 71.8 Å². The van der Waals surface area contributed by atoms with Crippen molar-refractivity contribution in [1.82, 2.24) is 39.5 Å². The molecule has 2 fully saturated rings. The lowest BCUT2D eigenvalue weighted by Crippen LogP contribution is -2.46. The SMILES string of the molecule is O=c1n(-c2ccc(N3CCN(c4ccc(OC[C@@H]5CO[C@@](Cn6cnnn6)(c6ccc(Cl)cc6Cl)O5)cn4)CC3)cc2)cnn1C(CCO)CCO. The van der Waals surface area contributed by atoms with E-state index in [2.05, 4.69) is 35.4 Å². The molecular weight excluding hydrogens is 715 g/mol. The van der Waals surface area contributed by atoms with Crippen LogP contribution in [0.2, 0.25) is 10.0 Å². The van der Waals surface area contributed by atoms with Gasteiger partial charge in [0.15, 0.2) is 0 Å². The molecule has 5 heterocycles. The Morgan fingerprint density at radius 2 is 1.69 bits per heavy atom. The molecule has 0 bridgehead atoms. The summed E-state index contributed by atoms with van der Waals surface area (Å²) in [7, 11) is 0. The lowest BCUT2D eigenvalue weighted by Gasteiger charge is -2.36. The van der Waals surface area contributed by atoms with Gasteiger partial charge in [-0.15, -0.1) is 5.10 Å². The van der Waals surface area contributed by atoms with E-state index in [1.54, 1.807) is 24.4 Å². The minimum atomic E-state index is -1.23. The van der Waals surface area contributed by atoms with E-state index in [0.29, 0.717) is 39.9 Å². The monoisotopic (exact) mass is 752 g/mol. The Morgan fingerprint density at radius 1 is 0.942 bits per heavy atom. The van der Waals surface area contributed by atoms with E-state index >= 15 is 0 Å². The molecule has 2 aromatic carbocycles. The molecule has 2 atom stereocenters. The summed E-state index contributed by atoms with van der Waals surface area (Å²) in [5, 5.41) is 35.2. The van der Waals surface area contributed by atoms with Crippen LogP contribution in [0.15, 0.2) is 78.2 Å². The number of aromatic nitrogens is 8. The van der Waals surface area contributed by atoms with Crippen molar-refractivity contribution in [2.24, 2.45) is 0 Å². The number of anilines is 2. The van der Waals surface area contributed by atoms with Gasteiger partial charge in [-0.25, -0.2) is 23.7 Å². The topological polar surface area (TPSA) is 171 Å². The Morgan fingerprint density at radius 3 is 2.37 bits per heavy atom. The average Bonchev–Trinajstić information content (AvgIpc) is 3.92. The summed E-state index contributed by atoms with van der Waals surface area (Å²) in [6.45, 7) is 3.64. The summed E-state index contributed by atoms with van der Waals surface area (Å²) >= 11 is 12.7. The third kappa shape index (κ3) is 7.77. The molecule has 0 unspecified atom stereocenters. The van der Waals surface area contributed by atoms with Crippen molar-refractivity contribution >= 4 is 34.7 Å². The Balaban J connectivity index is 0.919. The fourth-order valence-corrected chi connectivity index (χ4v) is 7.06. The van der Waals surface area contributed by atoms with Crippen molar-refractivity contribution in [2.45, 2.75) is 37.3 Å². The van der Waals surface area contributed by atoms with Crippen LogP contribution in [0.5, 0.6) is 5.75 Å². The molecular formula is C34H38Cl2N10O6. The van der Waals surface area contributed by atoms with E-state index in [4.69, 9.17) is 37.4 Å². The fourth-order valence-electron chi connectivity index (χ4n) is 6.50. The molecule has 16 nitrogen and oxygen atoms in total. The lowest BCUT2D eigenvalue weighted by atomic mass is 10.1. The third-order valence-corrected chi connectivity index (χ3v) is 9.73. The molecule has 0 spiro atoms. The minimum absolute atomic E-state index is 0.0929. The van der Waals surface area contributed by atoms with Crippen LogP contribution in [0.25, 0.3) is 5.69 Å². The quantitative estimate of drug-likeness (QED) is 0.170. The molecule has 5 aromatic rings. The molecule has 0 amide bonds. The van der Waals surface area contributed by atoms with Crippen LogP contribution in [0, 0.1) is 0 Å². The third-order valence-electron chi connectivity index (χ3n) is 9.18. The van der Waals surface area contributed by atoms with Gasteiger partial charge < -0.3 is 34.2 Å². The van der Waals surface area contributed by atoms with E-state index in [-0.39, 0.29) is 44.7 Å². The minimum Gasteiger partial charge on any atom is -0.489 e. The average molecular weight is 754 g/mol. The second kappa shape index (κ2) is 16.0. The summed E-state index contributed by atoms with van der Waals surface area (Å²) in [6, 6.07) is 16.4. The number of benzene rings is 2. The number of hydrogen-bond donors (Lipinski definition) is 2. The summed E-state index contributed by atoms with van der Waals surface area (Å²) in [5.74, 6) is 0.237. The number of ether oxygens (including phenoxy) is 3. The van der Waals surface area contributed by atoms with Crippen LogP contribution < -0.4 is 20.2 Å². The predicted molar refractivity (Wildman–Crippen MR) is 191 cm³/mol. The fraction of sp³-hybridized carbons (Fsp3) is 0.412. The molecule has 3 aromatic heterocycles. The van der Waals surface area contributed by atoms with Crippen molar-refractivity contribution in [3.63, 3.8) is 0 Å². The zero-order valence-corrected chi connectivity index (χ0v) is 29.6. The second-order valence-corrected chi connectivity index (χ2v) is 13.3. The maximum atomic E-state index is 13.0. The Bertz CT molecular complexity index is 1960. The molecule has 2 aliphatic rings.